The van der Waals surface area contributed by atoms with Gasteiger partial charge in [0.1, 0.15) is 17.3 Å². The van der Waals surface area contributed by atoms with Gasteiger partial charge >= 0.3 is 0 Å². The Hall–Kier alpha value is -1.49. The highest BCUT2D eigenvalue weighted by molar-refractivity contribution is 5.94. The molecule has 0 saturated carbocycles. The molecule has 1 heterocycles. The number of hydrogen-bond acceptors (Lipinski definition) is 2. The molecular weight excluding hydrogens is 262 g/mol. The predicted octanol–water partition coefficient (Wildman–Crippen LogP) is 3.02. The molecule has 0 radical (unpaired) electrons. The Balaban J connectivity index is 2.04. The van der Waals surface area contributed by atoms with Crippen LogP contribution in [0.3, 0.4) is 0 Å². The molecule has 1 aromatic rings. The maximum absolute atomic E-state index is 13.5. The lowest BCUT2D eigenvalue weighted by Gasteiger charge is -2.34. The summed E-state index contributed by atoms with van der Waals surface area (Å²) in [6.45, 7) is 5.60. The molecule has 1 aromatic carbocycles. The van der Waals surface area contributed by atoms with Crippen molar-refractivity contribution in [2.24, 2.45) is 5.92 Å². The number of nitrogens with one attached hydrogen (secondary N) is 1. The molecule has 20 heavy (non-hydrogen) atoms. The Bertz CT molecular complexity index is 473. The largest absolute Gasteiger partial charge is 0.320 e. The Kier molecular flexibility index (Phi) is 4.70. The zero-order chi connectivity index (χ0) is 14.7. The normalized spacial score (nSPS) is 21.5. The van der Waals surface area contributed by atoms with Gasteiger partial charge in [-0.2, -0.15) is 0 Å². The van der Waals surface area contributed by atoms with Crippen molar-refractivity contribution >= 4 is 11.6 Å². The first-order chi connectivity index (χ1) is 9.49. The van der Waals surface area contributed by atoms with Gasteiger partial charge < -0.3 is 5.32 Å². The van der Waals surface area contributed by atoms with E-state index in [1.807, 2.05) is 0 Å². The molecule has 2 unspecified atom stereocenters. The minimum Gasteiger partial charge on any atom is -0.320 e. The molecule has 1 saturated heterocycles. The molecule has 0 bridgehead atoms. The van der Waals surface area contributed by atoms with Crippen LogP contribution in [0, 0.1) is 17.6 Å². The molecule has 0 spiro atoms. The van der Waals surface area contributed by atoms with Crippen molar-refractivity contribution in [3.63, 3.8) is 0 Å². The summed E-state index contributed by atoms with van der Waals surface area (Å²) in [7, 11) is 0. The molecule has 1 N–H and O–H groups in total. The van der Waals surface area contributed by atoms with Gasteiger partial charge in [0.25, 0.3) is 0 Å². The maximum atomic E-state index is 13.5. The van der Waals surface area contributed by atoms with E-state index in [1.165, 1.54) is 6.07 Å². The standard InChI is InChI=1S/C15H20F2N2O/c1-10-5-4-8-19(9-10)11(2)15(20)18-14-12(16)6-3-7-13(14)17/h3,6-7,10-11H,4-5,8-9H2,1-2H3,(H,18,20). The van der Waals surface area contributed by atoms with Crippen LogP contribution in [0.2, 0.25) is 0 Å². The number of hydrogen-bond donors (Lipinski definition) is 1. The molecule has 5 heteroatoms. The number of piperidine rings is 1. The Morgan fingerprint density at radius 2 is 2.05 bits per heavy atom. The van der Waals surface area contributed by atoms with E-state index in [1.54, 1.807) is 6.92 Å². The number of anilines is 1. The molecule has 1 fully saturated rings. The maximum Gasteiger partial charge on any atom is 0.241 e. The number of rotatable bonds is 3. The van der Waals surface area contributed by atoms with Crippen LogP contribution in [0.1, 0.15) is 26.7 Å². The summed E-state index contributed by atoms with van der Waals surface area (Å²) in [5.41, 5.74) is -0.366. The van der Waals surface area contributed by atoms with Gasteiger partial charge in [0.15, 0.2) is 0 Å². The topological polar surface area (TPSA) is 32.3 Å². The smallest absolute Gasteiger partial charge is 0.241 e. The summed E-state index contributed by atoms with van der Waals surface area (Å²) in [5.74, 6) is -1.33. The van der Waals surface area contributed by atoms with Crippen LogP contribution in [-0.4, -0.2) is 29.9 Å². The summed E-state index contributed by atoms with van der Waals surface area (Å²) in [4.78, 5) is 14.2. The fourth-order valence-electron chi connectivity index (χ4n) is 2.59. The molecule has 2 atom stereocenters. The predicted molar refractivity (Wildman–Crippen MR) is 74.4 cm³/mol. The minimum atomic E-state index is -0.752. The number of carbonyl (C=O) groups excluding carboxylic acids is 1. The van der Waals surface area contributed by atoms with Gasteiger partial charge in [0.05, 0.1) is 6.04 Å². The van der Waals surface area contributed by atoms with E-state index in [4.69, 9.17) is 0 Å². The monoisotopic (exact) mass is 282 g/mol. The first-order valence-electron chi connectivity index (χ1n) is 6.98. The summed E-state index contributed by atoms with van der Waals surface area (Å²) in [6, 6.07) is 3.14. The molecule has 2 rings (SSSR count). The number of amides is 1. The highest BCUT2D eigenvalue weighted by atomic mass is 19.1. The van der Waals surface area contributed by atoms with E-state index in [9.17, 15) is 13.6 Å². The van der Waals surface area contributed by atoms with Crippen LogP contribution < -0.4 is 5.32 Å². The third kappa shape index (κ3) is 3.33. The number of benzene rings is 1. The third-order valence-corrected chi connectivity index (χ3v) is 3.83. The number of para-hydroxylation sites is 1. The third-order valence-electron chi connectivity index (χ3n) is 3.83. The Labute approximate surface area is 118 Å². The molecule has 0 aliphatic carbocycles. The Morgan fingerprint density at radius 1 is 1.40 bits per heavy atom. The van der Waals surface area contributed by atoms with Gasteiger partial charge in [-0.25, -0.2) is 8.78 Å². The van der Waals surface area contributed by atoms with Gasteiger partial charge in [-0.05, 0) is 44.4 Å². The lowest BCUT2D eigenvalue weighted by molar-refractivity contribution is -0.121. The van der Waals surface area contributed by atoms with Crippen molar-refractivity contribution in [3.05, 3.63) is 29.8 Å². The van der Waals surface area contributed by atoms with Crippen molar-refractivity contribution in [2.45, 2.75) is 32.7 Å². The molecule has 1 amide bonds. The van der Waals surface area contributed by atoms with E-state index in [0.717, 1.165) is 38.1 Å². The van der Waals surface area contributed by atoms with E-state index in [0.29, 0.717) is 5.92 Å². The fraction of sp³-hybridized carbons (Fsp3) is 0.533. The van der Waals surface area contributed by atoms with Crippen molar-refractivity contribution in [3.8, 4) is 0 Å². The van der Waals surface area contributed by atoms with Gasteiger partial charge in [0.2, 0.25) is 5.91 Å². The second-order valence-electron chi connectivity index (χ2n) is 5.50. The summed E-state index contributed by atoms with van der Waals surface area (Å²) in [5, 5.41) is 2.36. The van der Waals surface area contributed by atoms with Crippen molar-refractivity contribution in [1.82, 2.24) is 4.90 Å². The Morgan fingerprint density at radius 3 is 2.65 bits per heavy atom. The second kappa shape index (κ2) is 6.31. The fourth-order valence-corrected chi connectivity index (χ4v) is 2.59. The van der Waals surface area contributed by atoms with E-state index in [-0.39, 0.29) is 11.6 Å². The zero-order valence-corrected chi connectivity index (χ0v) is 11.8. The van der Waals surface area contributed by atoms with Crippen LogP contribution in [0.25, 0.3) is 0 Å². The van der Waals surface area contributed by atoms with E-state index in [2.05, 4.69) is 17.1 Å². The second-order valence-corrected chi connectivity index (χ2v) is 5.50. The van der Waals surface area contributed by atoms with Gasteiger partial charge in [0, 0.05) is 6.54 Å². The van der Waals surface area contributed by atoms with E-state index < -0.39 is 17.7 Å². The van der Waals surface area contributed by atoms with Crippen LogP contribution >= 0.6 is 0 Å². The van der Waals surface area contributed by atoms with Crippen molar-refractivity contribution in [2.75, 3.05) is 18.4 Å². The van der Waals surface area contributed by atoms with Crippen molar-refractivity contribution in [1.29, 1.82) is 0 Å². The summed E-state index contributed by atoms with van der Waals surface area (Å²) in [6.07, 6.45) is 2.21. The first-order valence-corrected chi connectivity index (χ1v) is 6.98. The van der Waals surface area contributed by atoms with Crippen LogP contribution in [0.5, 0.6) is 0 Å². The SMILES string of the molecule is CC1CCCN(C(C)C(=O)Nc2c(F)cccc2F)C1. The molecular formula is C15H20F2N2O. The highest BCUT2D eigenvalue weighted by Crippen LogP contribution is 2.21. The summed E-state index contributed by atoms with van der Waals surface area (Å²) >= 11 is 0. The van der Waals surface area contributed by atoms with Gasteiger partial charge in [-0.15, -0.1) is 0 Å². The first kappa shape index (κ1) is 14.9. The average molecular weight is 282 g/mol. The average Bonchev–Trinajstić information content (AvgIpc) is 2.42. The number of halogens is 2. The van der Waals surface area contributed by atoms with Crippen LogP contribution in [0.4, 0.5) is 14.5 Å². The van der Waals surface area contributed by atoms with Crippen LogP contribution in [-0.2, 0) is 4.79 Å². The summed E-state index contributed by atoms with van der Waals surface area (Å²) < 4.78 is 27.0. The van der Waals surface area contributed by atoms with Crippen LogP contribution in [0.15, 0.2) is 18.2 Å². The molecule has 3 nitrogen and oxygen atoms in total. The quantitative estimate of drug-likeness (QED) is 0.924. The molecule has 110 valence electrons. The van der Waals surface area contributed by atoms with Gasteiger partial charge in [-0.1, -0.05) is 13.0 Å². The van der Waals surface area contributed by atoms with Crippen molar-refractivity contribution < 1.29 is 13.6 Å². The lowest BCUT2D eigenvalue weighted by Crippen LogP contribution is -2.46. The molecule has 0 aromatic heterocycles. The molecule has 1 aliphatic heterocycles. The number of carbonyl (C=O) groups is 1. The highest BCUT2D eigenvalue weighted by Gasteiger charge is 2.26. The molecule has 1 aliphatic rings. The van der Waals surface area contributed by atoms with E-state index >= 15 is 0 Å². The lowest BCUT2D eigenvalue weighted by atomic mass is 9.99. The number of nitrogens with zero attached hydrogens (tertiary/aromatic N) is 1. The zero-order valence-electron chi connectivity index (χ0n) is 11.8. The van der Waals surface area contributed by atoms with Gasteiger partial charge in [-0.3, -0.25) is 9.69 Å². The minimum absolute atomic E-state index is 0.366. The number of likely N-dealkylation sites (tertiary alicyclic amines) is 1.